The third-order valence-electron chi connectivity index (χ3n) is 5.53. The fourth-order valence-corrected chi connectivity index (χ4v) is 5.02. The third kappa shape index (κ3) is 4.35. The number of benzene rings is 3. The van der Waals surface area contributed by atoms with E-state index in [1.54, 1.807) is 16.9 Å². The molecule has 0 saturated carbocycles. The van der Waals surface area contributed by atoms with Crippen molar-refractivity contribution in [1.82, 2.24) is 14.1 Å². The van der Waals surface area contributed by atoms with Crippen LogP contribution >= 0.6 is 0 Å². The first-order valence-corrected chi connectivity index (χ1v) is 12.0. The molecule has 0 unspecified atom stereocenters. The molecule has 0 amide bonds. The summed E-state index contributed by atoms with van der Waals surface area (Å²) in [6, 6.07) is 21.0. The number of aromatic nitrogens is 2. The molecular formula is C25H25N3O4S. The summed E-state index contributed by atoms with van der Waals surface area (Å²) in [7, 11) is -2.59. The number of phenols is 2. The zero-order valence-electron chi connectivity index (χ0n) is 18.4. The van der Waals surface area contributed by atoms with Crippen LogP contribution in [0.2, 0.25) is 0 Å². The van der Waals surface area contributed by atoms with Gasteiger partial charge in [-0.1, -0.05) is 55.5 Å². The summed E-state index contributed by atoms with van der Waals surface area (Å²) in [6.07, 6.45) is 2.37. The van der Waals surface area contributed by atoms with Crippen LogP contribution < -0.4 is 0 Å². The van der Waals surface area contributed by atoms with E-state index in [9.17, 15) is 18.6 Å². The van der Waals surface area contributed by atoms with Crippen molar-refractivity contribution in [1.29, 1.82) is 0 Å². The summed E-state index contributed by atoms with van der Waals surface area (Å²) in [5.41, 5.74) is 3.46. The van der Waals surface area contributed by atoms with Crippen molar-refractivity contribution < 1.29 is 18.6 Å². The molecular weight excluding hydrogens is 438 g/mol. The topological polar surface area (TPSA) is 95.7 Å². The summed E-state index contributed by atoms with van der Waals surface area (Å²) in [4.78, 5) is -0.287. The summed E-state index contributed by atoms with van der Waals surface area (Å²) >= 11 is 0. The standard InChI is InChI=1S/C25H25N3O4S/c1-3-19-11-7-8-12-21(19)28-22(13-14-26-28)20-15-25(24(30)16-23(20)29)33(31,32)27(2)17-18-9-5-4-6-10-18/h4-16,29-30H,3,17H2,1-2H3. The maximum absolute atomic E-state index is 13.3. The smallest absolute Gasteiger partial charge is 0.246 e. The van der Waals surface area contributed by atoms with E-state index in [2.05, 4.69) is 5.10 Å². The Morgan fingerprint density at radius 3 is 2.36 bits per heavy atom. The molecule has 2 N–H and O–H groups in total. The minimum atomic E-state index is -4.05. The Bertz CT molecular complexity index is 1380. The van der Waals surface area contributed by atoms with Gasteiger partial charge < -0.3 is 10.2 Å². The number of sulfonamides is 1. The van der Waals surface area contributed by atoms with Crippen molar-refractivity contribution >= 4 is 10.0 Å². The minimum absolute atomic E-state index is 0.140. The molecule has 4 aromatic rings. The first-order valence-electron chi connectivity index (χ1n) is 10.5. The Labute approximate surface area is 193 Å². The molecule has 7 nitrogen and oxygen atoms in total. The second-order valence-corrected chi connectivity index (χ2v) is 9.71. The van der Waals surface area contributed by atoms with Gasteiger partial charge in [-0.15, -0.1) is 0 Å². The molecule has 1 aromatic heterocycles. The number of rotatable bonds is 7. The molecule has 0 radical (unpaired) electrons. The molecule has 1 heterocycles. The van der Waals surface area contributed by atoms with Crippen LogP contribution in [0.5, 0.6) is 11.5 Å². The second kappa shape index (κ2) is 9.09. The Morgan fingerprint density at radius 1 is 0.939 bits per heavy atom. The zero-order valence-corrected chi connectivity index (χ0v) is 19.2. The van der Waals surface area contributed by atoms with Gasteiger partial charge in [0.15, 0.2) is 0 Å². The fraction of sp³-hybridized carbons (Fsp3) is 0.160. The molecule has 0 aliphatic heterocycles. The van der Waals surface area contributed by atoms with Crippen LogP contribution in [-0.4, -0.2) is 39.8 Å². The summed E-state index contributed by atoms with van der Waals surface area (Å²) in [6.45, 7) is 2.17. The Morgan fingerprint density at radius 2 is 1.64 bits per heavy atom. The van der Waals surface area contributed by atoms with Crippen molar-refractivity contribution in [3.63, 3.8) is 0 Å². The number of hydrogen-bond donors (Lipinski definition) is 2. The largest absolute Gasteiger partial charge is 0.507 e. The lowest BCUT2D eigenvalue weighted by Crippen LogP contribution is -2.26. The minimum Gasteiger partial charge on any atom is -0.507 e. The molecule has 8 heteroatoms. The van der Waals surface area contributed by atoms with E-state index < -0.39 is 15.8 Å². The molecule has 4 rings (SSSR count). The van der Waals surface area contributed by atoms with Crippen molar-refractivity contribution in [2.75, 3.05) is 7.05 Å². The number of aryl methyl sites for hydroxylation is 1. The molecule has 33 heavy (non-hydrogen) atoms. The number of para-hydroxylation sites is 1. The maximum Gasteiger partial charge on any atom is 0.246 e. The molecule has 0 atom stereocenters. The molecule has 0 fully saturated rings. The molecule has 3 aromatic carbocycles. The van der Waals surface area contributed by atoms with Crippen LogP contribution in [0.1, 0.15) is 18.1 Å². The van der Waals surface area contributed by atoms with Crippen LogP contribution in [0.15, 0.2) is 83.9 Å². The van der Waals surface area contributed by atoms with Crippen LogP contribution in [0.25, 0.3) is 16.9 Å². The lowest BCUT2D eigenvalue weighted by Gasteiger charge is -2.19. The van der Waals surface area contributed by atoms with Crippen LogP contribution in [0, 0.1) is 0 Å². The van der Waals surface area contributed by atoms with Gasteiger partial charge in [-0.3, -0.25) is 0 Å². The summed E-state index contributed by atoms with van der Waals surface area (Å²) in [5.74, 6) is -0.760. The van der Waals surface area contributed by atoms with Gasteiger partial charge in [0.05, 0.1) is 17.6 Å². The van der Waals surface area contributed by atoms with Crippen LogP contribution in [0.4, 0.5) is 0 Å². The average Bonchev–Trinajstić information content (AvgIpc) is 3.29. The molecule has 0 bridgehead atoms. The summed E-state index contributed by atoms with van der Waals surface area (Å²) in [5, 5.41) is 25.5. The Kier molecular flexibility index (Phi) is 6.22. The maximum atomic E-state index is 13.3. The van der Waals surface area contributed by atoms with Crippen LogP contribution in [-0.2, 0) is 23.0 Å². The van der Waals surface area contributed by atoms with Gasteiger partial charge >= 0.3 is 0 Å². The van der Waals surface area contributed by atoms with Crippen molar-refractivity contribution in [3.8, 4) is 28.4 Å². The lowest BCUT2D eigenvalue weighted by molar-refractivity contribution is 0.430. The van der Waals surface area contributed by atoms with Crippen molar-refractivity contribution in [3.05, 3.63) is 90.1 Å². The molecule has 170 valence electrons. The monoisotopic (exact) mass is 463 g/mol. The highest BCUT2D eigenvalue weighted by Gasteiger charge is 2.27. The normalized spacial score (nSPS) is 11.7. The van der Waals surface area contributed by atoms with E-state index in [1.807, 2.05) is 61.5 Å². The van der Waals surface area contributed by atoms with Gasteiger partial charge in [0.25, 0.3) is 0 Å². The Balaban J connectivity index is 1.79. The van der Waals surface area contributed by atoms with Gasteiger partial charge in [-0.05, 0) is 35.7 Å². The van der Waals surface area contributed by atoms with Crippen molar-refractivity contribution in [2.45, 2.75) is 24.8 Å². The number of phenolic OH excluding ortho intramolecular Hbond substituents is 2. The predicted octanol–water partition coefficient (Wildman–Crippen LogP) is 4.33. The first kappa shape index (κ1) is 22.6. The molecule has 0 saturated heterocycles. The second-order valence-electron chi connectivity index (χ2n) is 7.69. The van der Waals surface area contributed by atoms with Gasteiger partial charge in [0.1, 0.15) is 16.4 Å². The van der Waals surface area contributed by atoms with Crippen LogP contribution in [0.3, 0.4) is 0 Å². The highest BCUT2D eigenvalue weighted by Crippen LogP contribution is 2.39. The number of aromatic hydroxyl groups is 2. The van der Waals surface area contributed by atoms with E-state index >= 15 is 0 Å². The fourth-order valence-electron chi connectivity index (χ4n) is 3.78. The SMILES string of the molecule is CCc1ccccc1-n1nccc1-c1cc(S(=O)(=O)N(C)Cc2ccccc2)c(O)cc1O. The van der Waals surface area contributed by atoms with E-state index in [0.29, 0.717) is 5.69 Å². The summed E-state index contributed by atoms with van der Waals surface area (Å²) < 4.78 is 29.4. The zero-order chi connectivity index (χ0) is 23.6. The molecule has 0 aliphatic carbocycles. The Hall–Kier alpha value is -3.62. The highest BCUT2D eigenvalue weighted by atomic mass is 32.2. The first-order chi connectivity index (χ1) is 15.8. The van der Waals surface area contributed by atoms with Crippen molar-refractivity contribution in [2.24, 2.45) is 0 Å². The van der Waals surface area contributed by atoms with E-state index in [4.69, 9.17) is 0 Å². The number of hydrogen-bond acceptors (Lipinski definition) is 5. The van der Waals surface area contributed by atoms with Gasteiger partial charge in [-0.2, -0.15) is 9.40 Å². The molecule has 0 spiro atoms. The quantitative estimate of drug-likeness (QED) is 0.425. The van der Waals surface area contributed by atoms with E-state index in [-0.39, 0.29) is 22.8 Å². The third-order valence-corrected chi connectivity index (χ3v) is 7.37. The van der Waals surface area contributed by atoms with E-state index in [0.717, 1.165) is 29.3 Å². The van der Waals surface area contributed by atoms with Gasteiger partial charge in [0, 0.05) is 25.2 Å². The van der Waals surface area contributed by atoms with Gasteiger partial charge in [-0.25, -0.2) is 13.1 Å². The van der Waals surface area contributed by atoms with Gasteiger partial charge in [0.2, 0.25) is 10.0 Å². The molecule has 0 aliphatic rings. The average molecular weight is 464 g/mol. The highest BCUT2D eigenvalue weighted by molar-refractivity contribution is 7.89. The lowest BCUT2D eigenvalue weighted by atomic mass is 10.1. The predicted molar refractivity (Wildman–Crippen MR) is 127 cm³/mol. The van der Waals surface area contributed by atoms with E-state index in [1.165, 1.54) is 17.4 Å². The number of nitrogens with zero attached hydrogens (tertiary/aromatic N) is 3.